The van der Waals surface area contributed by atoms with Gasteiger partial charge in [-0.15, -0.1) is 0 Å². The molecule has 11 heteroatoms. The van der Waals surface area contributed by atoms with E-state index < -0.39 is 10.8 Å². The Morgan fingerprint density at radius 3 is 2.62 bits per heavy atom. The van der Waals surface area contributed by atoms with E-state index in [-0.39, 0.29) is 18.8 Å². The van der Waals surface area contributed by atoms with Crippen LogP contribution in [0.3, 0.4) is 0 Å². The summed E-state index contributed by atoms with van der Waals surface area (Å²) < 4.78 is 17.4. The number of carbonyl (C=O) groups excluding carboxylic acids is 1. The van der Waals surface area contributed by atoms with Crippen LogP contribution < -0.4 is 19.6 Å². The summed E-state index contributed by atoms with van der Waals surface area (Å²) in [5.74, 6) is 1.13. The Morgan fingerprint density at radius 1 is 1.19 bits per heavy atom. The van der Waals surface area contributed by atoms with Gasteiger partial charge >= 0.3 is 5.69 Å². The molecule has 0 aliphatic heterocycles. The number of hydrogen-bond donors (Lipinski definition) is 1. The van der Waals surface area contributed by atoms with E-state index >= 15 is 0 Å². The average molecular weight is 439 g/mol. The number of ether oxygens (including phenoxy) is 3. The fourth-order valence-electron chi connectivity index (χ4n) is 2.80. The van der Waals surface area contributed by atoms with Gasteiger partial charge in [-0.2, -0.15) is 10.2 Å². The van der Waals surface area contributed by atoms with E-state index in [0.717, 1.165) is 5.56 Å². The van der Waals surface area contributed by atoms with E-state index in [9.17, 15) is 14.9 Å². The number of nitrogens with zero attached hydrogens (tertiary/aromatic N) is 4. The molecule has 0 unspecified atom stereocenters. The summed E-state index contributed by atoms with van der Waals surface area (Å²) in [4.78, 5) is 22.3. The van der Waals surface area contributed by atoms with Crippen molar-refractivity contribution >= 4 is 17.8 Å². The minimum Gasteiger partial charge on any atom is -0.496 e. The van der Waals surface area contributed by atoms with E-state index in [4.69, 9.17) is 14.2 Å². The van der Waals surface area contributed by atoms with E-state index in [1.54, 1.807) is 42.5 Å². The van der Waals surface area contributed by atoms with Crippen LogP contribution in [0.2, 0.25) is 0 Å². The SMILES string of the molecule is COc1ccc(/C=N/NC(=O)COc2ccccc2OC)cc1Cn1cc([N+](=O)[O-])cn1. The van der Waals surface area contributed by atoms with Crippen molar-refractivity contribution in [2.45, 2.75) is 6.54 Å². The van der Waals surface area contributed by atoms with Gasteiger partial charge in [0, 0.05) is 5.56 Å². The molecule has 0 saturated heterocycles. The number of rotatable bonds is 10. The molecule has 11 nitrogen and oxygen atoms in total. The number of nitrogens with one attached hydrogen (secondary N) is 1. The highest BCUT2D eigenvalue weighted by atomic mass is 16.6. The Balaban J connectivity index is 1.60. The van der Waals surface area contributed by atoms with E-state index in [2.05, 4.69) is 15.6 Å². The fraction of sp³-hybridized carbons (Fsp3) is 0.190. The van der Waals surface area contributed by atoms with Crippen molar-refractivity contribution in [3.8, 4) is 17.2 Å². The summed E-state index contributed by atoms with van der Waals surface area (Å²) in [6.07, 6.45) is 3.98. The van der Waals surface area contributed by atoms with E-state index in [1.165, 1.54) is 37.5 Å². The zero-order valence-corrected chi connectivity index (χ0v) is 17.4. The molecule has 1 amide bonds. The summed E-state index contributed by atoms with van der Waals surface area (Å²) in [5, 5.41) is 18.8. The molecule has 2 aromatic carbocycles. The standard InChI is InChI=1S/C21H21N5O6/c1-30-18-8-7-15(9-16(18)12-25-13-17(11-23-25)26(28)29)10-22-24-21(27)14-32-20-6-4-3-5-19(20)31-2/h3-11,13H,12,14H2,1-2H3,(H,24,27)/b22-10+. The van der Waals surface area contributed by atoms with Crippen LogP contribution >= 0.6 is 0 Å². The van der Waals surface area contributed by atoms with Gasteiger partial charge in [0.05, 0.1) is 31.9 Å². The number of aromatic nitrogens is 2. The zero-order valence-electron chi connectivity index (χ0n) is 17.4. The van der Waals surface area contributed by atoms with Crippen molar-refractivity contribution in [1.29, 1.82) is 0 Å². The van der Waals surface area contributed by atoms with Gasteiger partial charge < -0.3 is 14.2 Å². The second-order valence-corrected chi connectivity index (χ2v) is 6.46. The number of carbonyl (C=O) groups is 1. The number of hydrazone groups is 1. The average Bonchev–Trinajstić information content (AvgIpc) is 3.27. The van der Waals surface area contributed by atoms with Crippen LogP contribution in [0.1, 0.15) is 11.1 Å². The lowest BCUT2D eigenvalue weighted by Gasteiger charge is -2.10. The van der Waals surface area contributed by atoms with Crippen LogP contribution in [0.25, 0.3) is 0 Å². The number of hydrogen-bond acceptors (Lipinski definition) is 8. The molecule has 166 valence electrons. The molecule has 0 saturated carbocycles. The molecule has 0 fully saturated rings. The van der Waals surface area contributed by atoms with Crippen molar-refractivity contribution in [3.63, 3.8) is 0 Å². The molecular formula is C21H21N5O6. The minimum atomic E-state index is -0.510. The second-order valence-electron chi connectivity index (χ2n) is 6.46. The maximum Gasteiger partial charge on any atom is 0.307 e. The van der Waals surface area contributed by atoms with Crippen LogP contribution in [0.15, 0.2) is 60.0 Å². The maximum absolute atomic E-state index is 12.0. The largest absolute Gasteiger partial charge is 0.496 e. The van der Waals surface area contributed by atoms with Crippen molar-refractivity contribution in [1.82, 2.24) is 15.2 Å². The minimum absolute atomic E-state index is 0.0975. The predicted octanol–water partition coefficient (Wildman–Crippen LogP) is 2.39. The quantitative estimate of drug-likeness (QED) is 0.292. The highest BCUT2D eigenvalue weighted by molar-refractivity contribution is 5.83. The molecule has 32 heavy (non-hydrogen) atoms. The number of para-hydroxylation sites is 2. The third kappa shape index (κ3) is 5.81. The first-order chi connectivity index (χ1) is 15.5. The fourth-order valence-corrected chi connectivity index (χ4v) is 2.80. The predicted molar refractivity (Wildman–Crippen MR) is 115 cm³/mol. The topological polar surface area (TPSA) is 130 Å². The van der Waals surface area contributed by atoms with Crippen molar-refractivity contribution in [2.24, 2.45) is 5.10 Å². The van der Waals surface area contributed by atoms with Crippen molar-refractivity contribution in [2.75, 3.05) is 20.8 Å². The monoisotopic (exact) mass is 439 g/mol. The van der Waals surface area contributed by atoms with Crippen LogP contribution in [0.5, 0.6) is 17.2 Å². The lowest BCUT2D eigenvalue weighted by molar-refractivity contribution is -0.385. The Bertz CT molecular complexity index is 1130. The summed E-state index contributed by atoms with van der Waals surface area (Å²) in [7, 11) is 3.05. The van der Waals surface area contributed by atoms with Crippen LogP contribution in [0.4, 0.5) is 5.69 Å². The normalized spacial score (nSPS) is 10.7. The van der Waals surface area contributed by atoms with Crippen LogP contribution in [0, 0.1) is 10.1 Å². The molecule has 1 aromatic heterocycles. The summed E-state index contributed by atoms with van der Waals surface area (Å²) >= 11 is 0. The molecule has 0 aliphatic rings. The molecule has 0 atom stereocenters. The first-order valence-corrected chi connectivity index (χ1v) is 9.41. The van der Waals surface area contributed by atoms with Crippen LogP contribution in [-0.4, -0.2) is 47.7 Å². The second kappa shape index (κ2) is 10.6. The summed E-state index contributed by atoms with van der Waals surface area (Å²) in [6, 6.07) is 12.3. The molecule has 3 rings (SSSR count). The summed E-state index contributed by atoms with van der Waals surface area (Å²) in [5.41, 5.74) is 3.72. The van der Waals surface area contributed by atoms with Gasteiger partial charge in [-0.25, -0.2) is 5.43 Å². The van der Waals surface area contributed by atoms with Gasteiger partial charge in [-0.1, -0.05) is 12.1 Å². The lowest BCUT2D eigenvalue weighted by Crippen LogP contribution is -2.24. The van der Waals surface area contributed by atoms with Gasteiger partial charge in [-0.3, -0.25) is 19.6 Å². The van der Waals surface area contributed by atoms with E-state index in [0.29, 0.717) is 22.8 Å². The van der Waals surface area contributed by atoms with Crippen molar-refractivity contribution in [3.05, 3.63) is 76.1 Å². The Kier molecular flexibility index (Phi) is 7.36. The molecule has 0 bridgehead atoms. The molecule has 3 aromatic rings. The Hall–Kier alpha value is -4.41. The third-order valence-corrected chi connectivity index (χ3v) is 4.30. The Labute approximate surface area is 183 Å². The highest BCUT2D eigenvalue weighted by Gasteiger charge is 2.11. The van der Waals surface area contributed by atoms with Crippen LogP contribution in [-0.2, 0) is 11.3 Å². The number of nitro groups is 1. The van der Waals surface area contributed by atoms with Gasteiger partial charge in [0.15, 0.2) is 18.1 Å². The summed E-state index contributed by atoms with van der Waals surface area (Å²) in [6.45, 7) is 0.0292. The molecule has 1 heterocycles. The smallest absolute Gasteiger partial charge is 0.307 e. The molecular weight excluding hydrogens is 418 g/mol. The van der Waals surface area contributed by atoms with Gasteiger partial charge in [0.25, 0.3) is 5.91 Å². The zero-order chi connectivity index (χ0) is 22.9. The number of amides is 1. The number of benzene rings is 2. The van der Waals surface area contributed by atoms with Gasteiger partial charge in [-0.05, 0) is 35.9 Å². The van der Waals surface area contributed by atoms with E-state index in [1.807, 2.05) is 0 Å². The van der Waals surface area contributed by atoms with Gasteiger partial charge in [0.1, 0.15) is 18.1 Å². The molecule has 0 spiro atoms. The third-order valence-electron chi connectivity index (χ3n) is 4.30. The first-order valence-electron chi connectivity index (χ1n) is 9.41. The molecule has 1 N–H and O–H groups in total. The maximum atomic E-state index is 12.0. The first kappa shape index (κ1) is 22.3. The number of methoxy groups -OCH3 is 2. The van der Waals surface area contributed by atoms with Crippen molar-refractivity contribution < 1.29 is 23.9 Å². The van der Waals surface area contributed by atoms with Gasteiger partial charge in [0.2, 0.25) is 0 Å². The molecule has 0 aliphatic carbocycles. The lowest BCUT2D eigenvalue weighted by atomic mass is 10.1. The Morgan fingerprint density at radius 2 is 1.94 bits per heavy atom. The molecule has 0 radical (unpaired) electrons. The highest BCUT2D eigenvalue weighted by Crippen LogP contribution is 2.25.